The summed E-state index contributed by atoms with van der Waals surface area (Å²) < 4.78 is 13.2. The minimum atomic E-state index is -0.653. The molecule has 12 heteroatoms. The number of rotatable bonds is 6. The van der Waals surface area contributed by atoms with Crippen LogP contribution < -0.4 is 11.3 Å². The number of hydrogen-bond donors (Lipinski definition) is 3. The van der Waals surface area contributed by atoms with Crippen molar-refractivity contribution in [1.82, 2.24) is 19.5 Å². The van der Waals surface area contributed by atoms with Crippen LogP contribution in [0, 0.1) is 10.1 Å². The van der Waals surface area contributed by atoms with E-state index in [9.17, 15) is 20.0 Å². The molecule has 4 N–H and O–H groups in total. The lowest BCUT2D eigenvalue weighted by Crippen LogP contribution is -2.27. The Bertz CT molecular complexity index is 1110. The lowest BCUT2D eigenvalue weighted by molar-refractivity contribution is -0.386. The predicted octanol–water partition coefficient (Wildman–Crippen LogP) is 0.475. The number of ether oxygens (including phenoxy) is 2. The average Bonchev–Trinajstić information content (AvgIpc) is 3.30. The second-order valence-electron chi connectivity index (χ2n) is 6.56. The molecule has 1 fully saturated rings. The Morgan fingerprint density at radius 1 is 1.45 bits per heavy atom. The fraction of sp³-hybridized carbons (Fsp3) is 0.353. The monoisotopic (exact) mass is 402 g/mol. The van der Waals surface area contributed by atoms with Gasteiger partial charge in [-0.3, -0.25) is 24.5 Å². The van der Waals surface area contributed by atoms with Crippen LogP contribution >= 0.6 is 0 Å². The molecule has 0 radical (unpaired) electrons. The smallest absolute Gasteiger partial charge is 0.280 e. The van der Waals surface area contributed by atoms with Crippen molar-refractivity contribution in [3.8, 4) is 0 Å². The van der Waals surface area contributed by atoms with Gasteiger partial charge >= 0.3 is 0 Å². The lowest BCUT2D eigenvalue weighted by Gasteiger charge is -2.16. The minimum absolute atomic E-state index is 0.00998. The number of nitrogens with one attached hydrogen (secondary N) is 1. The number of aliphatic hydroxyl groups excluding tert-OH is 1. The second-order valence-corrected chi connectivity index (χ2v) is 6.56. The zero-order valence-corrected chi connectivity index (χ0v) is 15.1. The Morgan fingerprint density at radius 2 is 2.24 bits per heavy atom. The molecule has 4 rings (SSSR count). The Balaban J connectivity index is 1.54. The summed E-state index contributed by atoms with van der Waals surface area (Å²) in [5, 5.41) is 20.8. The molecule has 3 atom stereocenters. The van der Waals surface area contributed by atoms with Crippen LogP contribution in [0.5, 0.6) is 0 Å². The summed E-state index contributed by atoms with van der Waals surface area (Å²) >= 11 is 0. The summed E-state index contributed by atoms with van der Waals surface area (Å²) in [6.45, 7) is -0.315. The van der Waals surface area contributed by atoms with E-state index in [0.29, 0.717) is 12.0 Å². The van der Waals surface area contributed by atoms with Crippen molar-refractivity contribution in [1.29, 1.82) is 0 Å². The van der Waals surface area contributed by atoms with Gasteiger partial charge in [-0.05, 0) is 6.07 Å². The number of nitrogen functional groups attached to an aromatic ring is 1. The molecule has 0 amide bonds. The number of nitrogens with two attached hydrogens (primary N) is 1. The quantitative estimate of drug-likeness (QED) is 0.391. The van der Waals surface area contributed by atoms with Crippen LogP contribution in [0.3, 0.4) is 0 Å². The number of aromatic nitrogens is 4. The summed E-state index contributed by atoms with van der Waals surface area (Å²) in [5.74, 6) is -0.0508. The first-order valence-electron chi connectivity index (χ1n) is 8.80. The van der Waals surface area contributed by atoms with Gasteiger partial charge in [-0.25, -0.2) is 4.98 Å². The summed E-state index contributed by atoms with van der Waals surface area (Å²) in [4.78, 5) is 33.2. The highest BCUT2D eigenvalue weighted by atomic mass is 16.6. The molecular weight excluding hydrogens is 384 g/mol. The van der Waals surface area contributed by atoms with E-state index < -0.39 is 28.9 Å². The maximum atomic E-state index is 11.9. The summed E-state index contributed by atoms with van der Waals surface area (Å²) in [5.41, 5.74) is 5.91. The summed E-state index contributed by atoms with van der Waals surface area (Å²) in [7, 11) is 0. The highest BCUT2D eigenvalue weighted by Gasteiger charge is 2.37. The summed E-state index contributed by atoms with van der Waals surface area (Å²) in [6.07, 6.45) is -0.0375. The van der Waals surface area contributed by atoms with E-state index in [4.69, 9.17) is 15.2 Å². The number of para-hydroxylation sites is 1. The van der Waals surface area contributed by atoms with Crippen LogP contribution in [0.25, 0.3) is 11.2 Å². The Kier molecular flexibility index (Phi) is 4.96. The third-order valence-corrected chi connectivity index (χ3v) is 4.76. The second kappa shape index (κ2) is 7.58. The standard InChI is InChI=1S/C17H18N6O6/c18-17-20-15-14(16(25)21-17)19-8-22(15)13-5-11(12(6-24)29-13)28-7-9-3-1-2-4-10(9)23(26)27/h1-4,8,11-13,24H,5-7H2,(H3,18,20,21,25)/t11?,12-,13-/m1/s1. The van der Waals surface area contributed by atoms with Gasteiger partial charge in [0.15, 0.2) is 11.2 Å². The number of H-pyrrole nitrogens is 1. The number of hydrogen-bond acceptors (Lipinski definition) is 9. The molecule has 3 heterocycles. The van der Waals surface area contributed by atoms with Crippen molar-refractivity contribution in [2.24, 2.45) is 0 Å². The van der Waals surface area contributed by atoms with Gasteiger partial charge in [-0.2, -0.15) is 4.98 Å². The van der Waals surface area contributed by atoms with Crippen molar-refractivity contribution in [3.63, 3.8) is 0 Å². The van der Waals surface area contributed by atoms with Crippen molar-refractivity contribution in [2.75, 3.05) is 12.3 Å². The lowest BCUT2D eigenvalue weighted by atomic mass is 10.1. The number of anilines is 1. The fourth-order valence-electron chi connectivity index (χ4n) is 3.37. The van der Waals surface area contributed by atoms with E-state index in [1.807, 2.05) is 0 Å². The summed E-state index contributed by atoms with van der Waals surface area (Å²) in [6, 6.07) is 6.29. The molecule has 1 unspecified atom stereocenters. The van der Waals surface area contributed by atoms with E-state index in [1.54, 1.807) is 22.8 Å². The van der Waals surface area contributed by atoms with Crippen LogP contribution in [-0.4, -0.2) is 48.4 Å². The normalized spacial score (nSPS) is 21.6. The zero-order chi connectivity index (χ0) is 20.5. The molecule has 12 nitrogen and oxygen atoms in total. The van der Waals surface area contributed by atoms with Gasteiger partial charge in [0, 0.05) is 12.5 Å². The molecule has 0 saturated carbocycles. The van der Waals surface area contributed by atoms with Gasteiger partial charge in [-0.1, -0.05) is 12.1 Å². The average molecular weight is 402 g/mol. The number of aliphatic hydroxyl groups is 1. The van der Waals surface area contributed by atoms with Crippen LogP contribution in [0.2, 0.25) is 0 Å². The molecule has 1 aliphatic heterocycles. The minimum Gasteiger partial charge on any atom is -0.394 e. The van der Waals surface area contributed by atoms with Gasteiger partial charge in [-0.15, -0.1) is 0 Å². The molecule has 0 spiro atoms. The third kappa shape index (κ3) is 3.55. The van der Waals surface area contributed by atoms with E-state index in [2.05, 4.69) is 15.0 Å². The van der Waals surface area contributed by atoms with Gasteiger partial charge in [0.05, 0.1) is 36.1 Å². The van der Waals surface area contributed by atoms with Crippen molar-refractivity contribution in [3.05, 3.63) is 56.6 Å². The van der Waals surface area contributed by atoms with Crippen molar-refractivity contribution in [2.45, 2.75) is 31.5 Å². The molecular formula is C17H18N6O6. The van der Waals surface area contributed by atoms with Gasteiger partial charge < -0.3 is 20.3 Å². The number of benzene rings is 1. The Morgan fingerprint density at radius 3 is 3.00 bits per heavy atom. The van der Waals surface area contributed by atoms with Crippen LogP contribution in [0.1, 0.15) is 18.2 Å². The molecule has 3 aromatic rings. The first-order chi connectivity index (χ1) is 14.0. The van der Waals surface area contributed by atoms with Crippen LogP contribution in [-0.2, 0) is 16.1 Å². The van der Waals surface area contributed by atoms with Crippen molar-refractivity contribution >= 4 is 22.8 Å². The third-order valence-electron chi connectivity index (χ3n) is 4.76. The number of imidazole rings is 1. The predicted molar refractivity (Wildman–Crippen MR) is 99.8 cm³/mol. The SMILES string of the molecule is Nc1nc2c(ncn2[C@H]2CC(OCc3ccccc3[N+](=O)[O-])[C@@H](CO)O2)c(=O)[nH]1. The van der Waals surface area contributed by atoms with Crippen LogP contribution in [0.4, 0.5) is 11.6 Å². The fourth-order valence-corrected chi connectivity index (χ4v) is 3.37. The first kappa shape index (κ1) is 19.0. The van der Waals surface area contributed by atoms with Gasteiger partial charge in [0.25, 0.3) is 11.2 Å². The number of nitrogens with zero attached hydrogens (tertiary/aromatic N) is 4. The largest absolute Gasteiger partial charge is 0.394 e. The molecule has 152 valence electrons. The first-order valence-corrected chi connectivity index (χ1v) is 8.80. The Labute approximate surface area is 163 Å². The van der Waals surface area contributed by atoms with E-state index in [0.717, 1.165) is 0 Å². The number of aromatic amines is 1. The van der Waals surface area contributed by atoms with Gasteiger partial charge in [0.2, 0.25) is 5.95 Å². The maximum Gasteiger partial charge on any atom is 0.280 e. The Hall–Kier alpha value is -3.35. The number of nitro groups is 1. The van der Waals surface area contributed by atoms with Crippen molar-refractivity contribution < 1.29 is 19.5 Å². The molecule has 1 saturated heterocycles. The zero-order valence-electron chi connectivity index (χ0n) is 15.1. The van der Waals surface area contributed by atoms with E-state index in [-0.39, 0.29) is 36.0 Å². The highest BCUT2D eigenvalue weighted by Crippen LogP contribution is 2.33. The molecule has 1 aliphatic rings. The number of fused-ring (bicyclic) bond motifs is 1. The number of nitro benzene ring substituents is 1. The maximum absolute atomic E-state index is 11.9. The topological polar surface area (TPSA) is 171 Å². The molecule has 1 aromatic carbocycles. The van der Waals surface area contributed by atoms with Crippen LogP contribution in [0.15, 0.2) is 35.4 Å². The van der Waals surface area contributed by atoms with E-state index >= 15 is 0 Å². The van der Waals surface area contributed by atoms with Gasteiger partial charge in [0.1, 0.15) is 12.3 Å². The molecule has 0 aliphatic carbocycles. The van der Waals surface area contributed by atoms with E-state index in [1.165, 1.54) is 12.4 Å². The highest BCUT2D eigenvalue weighted by molar-refractivity contribution is 5.70. The molecule has 2 aromatic heterocycles. The molecule has 29 heavy (non-hydrogen) atoms. The molecule has 0 bridgehead atoms.